The van der Waals surface area contributed by atoms with Gasteiger partial charge in [0.25, 0.3) is 17.4 Å². The van der Waals surface area contributed by atoms with Crippen molar-refractivity contribution in [1.29, 1.82) is 0 Å². The van der Waals surface area contributed by atoms with Gasteiger partial charge >= 0.3 is 0 Å². The number of nitrogens with one attached hydrogen (secondary N) is 2. The first-order valence-electron chi connectivity index (χ1n) is 18.8. The lowest BCUT2D eigenvalue weighted by Gasteiger charge is -2.27. The van der Waals surface area contributed by atoms with Crippen molar-refractivity contribution in [2.75, 3.05) is 79.7 Å². The lowest BCUT2D eigenvalue weighted by atomic mass is 9.99. The standard InChI is InChI=1S/C41H47N7O10/c1-45(22-30-33(55-4)19-25(20-34(30)56-5)29-23-47(3)39(52)28-21-42-12-11-26(28)29)24-36(50)46(2)14-16-58-18-17-57-15-13-43-31-8-6-7-27-37(31)41(54)48(40(27)53)32-9-10-35(49)44-38(32)51/h6-8,11-12,19-21,23,32,43H,9-10,13-18,22,24H2,1-5H3,(H,44,49,51). The zero-order valence-electron chi connectivity index (χ0n) is 33.2. The van der Waals surface area contributed by atoms with Crippen molar-refractivity contribution in [2.45, 2.75) is 25.4 Å². The molecule has 2 N–H and O–H groups in total. The van der Waals surface area contributed by atoms with Crippen LogP contribution in [0.1, 0.15) is 39.1 Å². The summed E-state index contributed by atoms with van der Waals surface area (Å²) in [5.41, 5.74) is 3.09. The number of hydrogen-bond acceptors (Lipinski definition) is 13. The maximum Gasteiger partial charge on any atom is 0.264 e. The maximum absolute atomic E-state index is 13.3. The van der Waals surface area contributed by atoms with Gasteiger partial charge in [0.2, 0.25) is 17.7 Å². The van der Waals surface area contributed by atoms with Gasteiger partial charge in [-0.05, 0) is 54.8 Å². The second-order valence-corrected chi connectivity index (χ2v) is 14.1. The summed E-state index contributed by atoms with van der Waals surface area (Å²) in [7, 11) is 8.41. The molecule has 0 aliphatic carbocycles. The fraction of sp³-hybridized carbons (Fsp3) is 0.390. The summed E-state index contributed by atoms with van der Waals surface area (Å²) in [5, 5.41) is 6.60. The summed E-state index contributed by atoms with van der Waals surface area (Å²) < 4.78 is 24.5. The van der Waals surface area contributed by atoms with Crippen LogP contribution >= 0.6 is 0 Å². The van der Waals surface area contributed by atoms with Gasteiger partial charge in [-0.15, -0.1) is 0 Å². The highest BCUT2D eigenvalue weighted by molar-refractivity contribution is 6.25. The molecule has 6 rings (SSSR count). The molecule has 0 saturated carbocycles. The highest BCUT2D eigenvalue weighted by Gasteiger charge is 2.45. The Balaban J connectivity index is 0.920. The third kappa shape index (κ3) is 8.86. The SMILES string of the molecule is COc1cc(-c2cn(C)c(=O)c3cnccc23)cc(OC)c1CN(C)CC(=O)N(C)CCOCCOCCNc1cccc2c1C(=O)N(C1CCC(=O)NC1=O)C2=O. The number of likely N-dealkylation sites (N-methyl/N-ethyl adjacent to an activating group) is 2. The number of carbonyl (C=O) groups excluding carboxylic acids is 5. The van der Waals surface area contributed by atoms with Crippen molar-refractivity contribution in [3.8, 4) is 22.6 Å². The molecule has 2 aliphatic heterocycles. The second kappa shape index (κ2) is 18.4. The van der Waals surface area contributed by atoms with Gasteiger partial charge in [-0.25, -0.2) is 0 Å². The summed E-state index contributed by atoms with van der Waals surface area (Å²) in [6, 6.07) is 9.45. The molecule has 0 spiro atoms. The molecule has 5 amide bonds. The quantitative estimate of drug-likeness (QED) is 0.110. The van der Waals surface area contributed by atoms with Gasteiger partial charge in [0.05, 0.1) is 69.3 Å². The van der Waals surface area contributed by atoms with Gasteiger partial charge < -0.3 is 33.7 Å². The van der Waals surface area contributed by atoms with E-state index in [1.807, 2.05) is 30.1 Å². The fourth-order valence-electron chi connectivity index (χ4n) is 7.08. The summed E-state index contributed by atoms with van der Waals surface area (Å²) in [6.45, 7) is 2.42. The number of pyridine rings is 2. The minimum Gasteiger partial charge on any atom is -0.496 e. The normalized spacial score (nSPS) is 15.2. The van der Waals surface area contributed by atoms with E-state index in [2.05, 4.69) is 15.6 Å². The molecule has 2 aromatic carbocycles. The van der Waals surface area contributed by atoms with Crippen LogP contribution in [-0.4, -0.2) is 134 Å². The van der Waals surface area contributed by atoms with Gasteiger partial charge in [-0.2, -0.15) is 0 Å². The first kappa shape index (κ1) is 41.5. The van der Waals surface area contributed by atoms with Crippen LogP contribution in [0.15, 0.2) is 59.8 Å². The number of benzene rings is 2. The zero-order chi connectivity index (χ0) is 41.5. The molecule has 306 valence electrons. The van der Waals surface area contributed by atoms with Crippen molar-refractivity contribution in [2.24, 2.45) is 7.05 Å². The minimum absolute atomic E-state index is 0.0479. The molecule has 0 radical (unpaired) electrons. The van der Waals surface area contributed by atoms with Crippen LogP contribution in [-0.2, 0) is 37.4 Å². The minimum atomic E-state index is -1.04. The smallest absolute Gasteiger partial charge is 0.264 e. The van der Waals surface area contributed by atoms with E-state index >= 15 is 0 Å². The Morgan fingerprint density at radius 2 is 1.66 bits per heavy atom. The predicted molar refractivity (Wildman–Crippen MR) is 213 cm³/mol. The Labute approximate surface area is 334 Å². The van der Waals surface area contributed by atoms with Crippen molar-refractivity contribution in [3.05, 3.63) is 82.0 Å². The third-order valence-corrected chi connectivity index (χ3v) is 10.1. The average Bonchev–Trinajstić information content (AvgIpc) is 3.47. The van der Waals surface area contributed by atoms with E-state index in [-0.39, 0.29) is 48.6 Å². The molecule has 2 aromatic heterocycles. The summed E-state index contributed by atoms with van der Waals surface area (Å²) >= 11 is 0. The molecule has 58 heavy (non-hydrogen) atoms. The molecule has 1 fully saturated rings. The van der Waals surface area contributed by atoms with Gasteiger partial charge in [0.1, 0.15) is 17.5 Å². The van der Waals surface area contributed by atoms with E-state index in [0.29, 0.717) is 62.0 Å². The summed E-state index contributed by atoms with van der Waals surface area (Å²) in [6.07, 6.45) is 5.13. The number of fused-ring (bicyclic) bond motifs is 2. The predicted octanol–water partition coefficient (Wildman–Crippen LogP) is 2.05. The summed E-state index contributed by atoms with van der Waals surface area (Å²) in [5.74, 6) is -1.17. The first-order valence-corrected chi connectivity index (χ1v) is 18.8. The lowest BCUT2D eigenvalue weighted by Crippen LogP contribution is -2.54. The number of nitrogens with zero attached hydrogens (tertiary/aromatic N) is 5. The number of piperidine rings is 1. The topological polar surface area (TPSA) is 191 Å². The highest BCUT2D eigenvalue weighted by atomic mass is 16.5. The van der Waals surface area contributed by atoms with Crippen molar-refractivity contribution < 1.29 is 42.9 Å². The van der Waals surface area contributed by atoms with Crippen LogP contribution in [0.2, 0.25) is 0 Å². The molecule has 1 unspecified atom stereocenters. The van der Waals surface area contributed by atoms with E-state index in [1.165, 1.54) is 10.6 Å². The highest BCUT2D eigenvalue weighted by Crippen LogP contribution is 2.38. The fourth-order valence-corrected chi connectivity index (χ4v) is 7.08. The third-order valence-electron chi connectivity index (χ3n) is 10.1. The van der Waals surface area contributed by atoms with Crippen LogP contribution in [0.25, 0.3) is 21.9 Å². The Kier molecular flexibility index (Phi) is 13.2. The van der Waals surface area contributed by atoms with Crippen LogP contribution < -0.4 is 25.7 Å². The van der Waals surface area contributed by atoms with Gasteiger partial charge in [0.15, 0.2) is 0 Å². The lowest BCUT2D eigenvalue weighted by molar-refractivity contribution is -0.136. The van der Waals surface area contributed by atoms with Crippen LogP contribution in [0.4, 0.5) is 5.69 Å². The number of imide groups is 2. The Morgan fingerprint density at radius 1 is 0.931 bits per heavy atom. The number of methoxy groups -OCH3 is 2. The number of amides is 5. The number of anilines is 1. The number of aryl methyl sites for hydroxylation is 1. The number of hydrogen-bond donors (Lipinski definition) is 2. The maximum atomic E-state index is 13.3. The van der Waals surface area contributed by atoms with E-state index in [4.69, 9.17) is 18.9 Å². The van der Waals surface area contributed by atoms with Gasteiger partial charge in [-0.1, -0.05) is 6.07 Å². The van der Waals surface area contributed by atoms with Crippen molar-refractivity contribution in [1.82, 2.24) is 29.6 Å². The molecule has 0 bridgehead atoms. The number of ether oxygens (including phenoxy) is 4. The molecular formula is C41H47N7O10. The van der Waals surface area contributed by atoms with E-state index in [1.54, 1.807) is 63.9 Å². The molecule has 1 saturated heterocycles. The largest absolute Gasteiger partial charge is 0.496 e. The molecule has 2 aliphatic rings. The molecular weight excluding hydrogens is 750 g/mol. The average molecular weight is 798 g/mol. The van der Waals surface area contributed by atoms with Crippen molar-refractivity contribution in [3.63, 3.8) is 0 Å². The molecule has 4 heterocycles. The number of rotatable bonds is 18. The molecule has 4 aromatic rings. The molecule has 17 nitrogen and oxygen atoms in total. The van der Waals surface area contributed by atoms with Crippen molar-refractivity contribution >= 4 is 46.0 Å². The Hall–Kier alpha value is -6.17. The van der Waals surface area contributed by atoms with Crippen LogP contribution in [0.3, 0.4) is 0 Å². The Morgan fingerprint density at radius 3 is 2.36 bits per heavy atom. The van der Waals surface area contributed by atoms with Gasteiger partial charge in [0, 0.05) is 70.0 Å². The van der Waals surface area contributed by atoms with E-state index < -0.39 is 29.7 Å². The van der Waals surface area contributed by atoms with E-state index in [9.17, 15) is 28.8 Å². The monoisotopic (exact) mass is 797 g/mol. The Bertz CT molecular complexity index is 2270. The number of aromatic nitrogens is 2. The molecule has 1 atom stereocenters. The van der Waals surface area contributed by atoms with Crippen LogP contribution in [0.5, 0.6) is 11.5 Å². The first-order chi connectivity index (χ1) is 27.9. The van der Waals surface area contributed by atoms with Crippen LogP contribution in [0, 0.1) is 0 Å². The van der Waals surface area contributed by atoms with E-state index in [0.717, 1.165) is 27.0 Å². The second-order valence-electron chi connectivity index (χ2n) is 14.1. The number of carbonyl (C=O) groups is 5. The zero-order valence-corrected chi connectivity index (χ0v) is 33.2. The molecule has 17 heteroatoms. The van der Waals surface area contributed by atoms with Gasteiger partial charge in [-0.3, -0.25) is 48.9 Å². The summed E-state index contributed by atoms with van der Waals surface area (Å²) in [4.78, 5) is 84.6.